The van der Waals surface area contributed by atoms with Crippen molar-refractivity contribution in [2.24, 2.45) is 0 Å². The number of carbonyl (C=O) groups is 1. The van der Waals surface area contributed by atoms with Crippen LogP contribution in [0.3, 0.4) is 0 Å². The van der Waals surface area contributed by atoms with Crippen molar-refractivity contribution < 1.29 is 22.7 Å². The molecule has 0 aliphatic carbocycles. The highest BCUT2D eigenvalue weighted by Gasteiger charge is 2.35. The summed E-state index contributed by atoms with van der Waals surface area (Å²) >= 11 is 1.75. The van der Waals surface area contributed by atoms with Gasteiger partial charge in [-0.1, -0.05) is 0 Å². The van der Waals surface area contributed by atoms with Crippen molar-refractivity contribution in [2.75, 3.05) is 6.61 Å². The Kier molecular flexibility index (Phi) is 4.17. The van der Waals surface area contributed by atoms with E-state index in [9.17, 15) is 18.0 Å². The van der Waals surface area contributed by atoms with E-state index in [0.29, 0.717) is 3.57 Å². The van der Waals surface area contributed by atoms with E-state index in [-0.39, 0.29) is 6.61 Å². The molecule has 0 radical (unpaired) electrons. The van der Waals surface area contributed by atoms with Crippen LogP contribution in [-0.4, -0.2) is 12.6 Å². The lowest BCUT2D eigenvalue weighted by molar-refractivity contribution is -0.138. The molecule has 88 valence electrons. The van der Waals surface area contributed by atoms with Crippen LogP contribution in [-0.2, 0) is 10.9 Å². The molecule has 0 amide bonds. The van der Waals surface area contributed by atoms with Crippen LogP contribution in [0.5, 0.6) is 0 Å². The second kappa shape index (κ2) is 5.03. The molecule has 2 nitrogen and oxygen atoms in total. The van der Waals surface area contributed by atoms with Gasteiger partial charge in [0.05, 0.1) is 17.7 Å². The van der Waals surface area contributed by atoms with Gasteiger partial charge in [-0.3, -0.25) is 0 Å². The highest BCUT2D eigenvalue weighted by atomic mass is 127. The first-order valence-electron chi connectivity index (χ1n) is 4.40. The number of esters is 1. The fourth-order valence-electron chi connectivity index (χ4n) is 1.14. The molecule has 0 aliphatic rings. The molecule has 1 aromatic rings. The minimum atomic E-state index is -4.55. The van der Waals surface area contributed by atoms with Gasteiger partial charge in [0, 0.05) is 3.57 Å². The first-order valence-corrected chi connectivity index (χ1v) is 5.48. The van der Waals surface area contributed by atoms with Crippen LogP contribution in [0.1, 0.15) is 22.8 Å². The Morgan fingerprint density at radius 3 is 2.56 bits per heavy atom. The summed E-state index contributed by atoms with van der Waals surface area (Å²) in [4.78, 5) is 11.3. The Labute approximate surface area is 104 Å². The Bertz CT molecular complexity index is 402. The smallest absolute Gasteiger partial charge is 0.417 e. The van der Waals surface area contributed by atoms with E-state index in [4.69, 9.17) is 0 Å². The minimum Gasteiger partial charge on any atom is -0.462 e. The van der Waals surface area contributed by atoms with Crippen molar-refractivity contribution >= 4 is 28.6 Å². The third kappa shape index (κ3) is 3.10. The minimum absolute atomic E-state index is 0.0438. The van der Waals surface area contributed by atoms with E-state index in [1.807, 2.05) is 0 Å². The summed E-state index contributed by atoms with van der Waals surface area (Å²) in [5.41, 5.74) is -1.41. The normalized spacial score (nSPS) is 11.3. The molecule has 0 heterocycles. The molecule has 0 aromatic heterocycles. The average molecular weight is 344 g/mol. The summed E-state index contributed by atoms with van der Waals surface area (Å²) < 4.78 is 42.8. The van der Waals surface area contributed by atoms with Gasteiger partial charge >= 0.3 is 12.1 Å². The zero-order valence-electron chi connectivity index (χ0n) is 8.27. The number of carbonyl (C=O) groups excluding carboxylic acids is 1. The van der Waals surface area contributed by atoms with E-state index in [1.54, 1.807) is 22.6 Å². The largest absolute Gasteiger partial charge is 0.462 e. The highest BCUT2D eigenvalue weighted by molar-refractivity contribution is 14.1. The van der Waals surface area contributed by atoms with Gasteiger partial charge in [-0.15, -0.1) is 0 Å². The average Bonchev–Trinajstić information content (AvgIpc) is 2.16. The first kappa shape index (κ1) is 13.3. The summed E-state index contributed by atoms with van der Waals surface area (Å²) in [5, 5.41) is 0. The molecule has 0 N–H and O–H groups in total. The van der Waals surface area contributed by atoms with Gasteiger partial charge < -0.3 is 4.74 Å². The SMILES string of the molecule is CCOC(=O)c1ccc(I)cc1C(F)(F)F. The van der Waals surface area contributed by atoms with Crippen molar-refractivity contribution in [1.82, 2.24) is 0 Å². The topological polar surface area (TPSA) is 26.3 Å². The van der Waals surface area contributed by atoms with Gasteiger partial charge in [-0.2, -0.15) is 13.2 Å². The quantitative estimate of drug-likeness (QED) is 0.607. The second-order valence-corrected chi connectivity index (χ2v) is 4.15. The zero-order valence-corrected chi connectivity index (χ0v) is 10.4. The summed E-state index contributed by atoms with van der Waals surface area (Å²) in [6, 6.07) is 3.48. The number of alkyl halides is 3. The molecule has 0 unspecified atom stereocenters. The summed E-state index contributed by atoms with van der Waals surface area (Å²) in [5.74, 6) is -0.953. The van der Waals surface area contributed by atoms with E-state index < -0.39 is 23.3 Å². The Balaban J connectivity index is 3.23. The van der Waals surface area contributed by atoms with E-state index in [0.717, 1.165) is 12.1 Å². The fraction of sp³-hybridized carbons (Fsp3) is 0.300. The molecule has 0 fully saturated rings. The summed E-state index contributed by atoms with van der Waals surface area (Å²) in [6.07, 6.45) is -4.55. The third-order valence-corrected chi connectivity index (χ3v) is 2.45. The molecule has 0 saturated carbocycles. The van der Waals surface area contributed by atoms with Crippen LogP contribution in [0.15, 0.2) is 18.2 Å². The molecule has 1 rings (SSSR count). The molecule has 0 spiro atoms. The summed E-state index contributed by atoms with van der Waals surface area (Å²) in [6.45, 7) is 1.58. The van der Waals surface area contributed by atoms with Crippen LogP contribution in [0.2, 0.25) is 0 Å². The lowest BCUT2D eigenvalue weighted by atomic mass is 10.1. The number of ether oxygens (including phenoxy) is 1. The highest BCUT2D eigenvalue weighted by Crippen LogP contribution is 2.33. The predicted molar refractivity (Wildman–Crippen MR) is 60.1 cm³/mol. The van der Waals surface area contributed by atoms with E-state index in [1.165, 1.54) is 13.0 Å². The zero-order chi connectivity index (χ0) is 12.3. The maximum Gasteiger partial charge on any atom is 0.417 e. The lowest BCUT2D eigenvalue weighted by Gasteiger charge is -2.12. The third-order valence-electron chi connectivity index (χ3n) is 1.78. The van der Waals surface area contributed by atoms with Gasteiger partial charge in [0.1, 0.15) is 0 Å². The van der Waals surface area contributed by atoms with Gasteiger partial charge in [-0.25, -0.2) is 4.79 Å². The van der Waals surface area contributed by atoms with Gasteiger partial charge in [0.2, 0.25) is 0 Å². The van der Waals surface area contributed by atoms with Crippen molar-refractivity contribution in [3.63, 3.8) is 0 Å². The van der Waals surface area contributed by atoms with Crippen LogP contribution < -0.4 is 0 Å². The van der Waals surface area contributed by atoms with Crippen molar-refractivity contribution in [2.45, 2.75) is 13.1 Å². The Morgan fingerprint density at radius 1 is 1.44 bits per heavy atom. The standard InChI is InChI=1S/C10H8F3IO2/c1-2-16-9(15)7-4-3-6(14)5-8(7)10(11,12)13/h3-5H,2H2,1H3. The summed E-state index contributed by atoms with van der Waals surface area (Å²) in [7, 11) is 0. The van der Waals surface area contributed by atoms with Crippen LogP contribution >= 0.6 is 22.6 Å². The molecule has 0 aliphatic heterocycles. The number of hydrogen-bond donors (Lipinski definition) is 0. The molecule has 1 aromatic carbocycles. The fourth-order valence-corrected chi connectivity index (χ4v) is 1.63. The molecule has 0 atom stereocenters. The molecular formula is C10H8F3IO2. The molecule has 16 heavy (non-hydrogen) atoms. The molecule has 0 saturated heterocycles. The number of hydrogen-bond acceptors (Lipinski definition) is 2. The van der Waals surface area contributed by atoms with E-state index in [2.05, 4.69) is 4.74 Å². The van der Waals surface area contributed by atoms with Crippen LogP contribution in [0.25, 0.3) is 0 Å². The van der Waals surface area contributed by atoms with Crippen LogP contribution in [0.4, 0.5) is 13.2 Å². The van der Waals surface area contributed by atoms with Crippen molar-refractivity contribution in [1.29, 1.82) is 0 Å². The number of halogens is 4. The molecule has 6 heteroatoms. The predicted octanol–water partition coefficient (Wildman–Crippen LogP) is 3.49. The van der Waals surface area contributed by atoms with Crippen molar-refractivity contribution in [3.05, 3.63) is 32.9 Å². The number of rotatable bonds is 2. The Morgan fingerprint density at radius 2 is 2.06 bits per heavy atom. The first-order chi connectivity index (χ1) is 7.36. The Hall–Kier alpha value is -0.790. The maximum absolute atomic E-state index is 12.6. The number of benzene rings is 1. The molecular weight excluding hydrogens is 336 g/mol. The maximum atomic E-state index is 12.6. The lowest BCUT2D eigenvalue weighted by Crippen LogP contribution is -2.15. The van der Waals surface area contributed by atoms with Gasteiger partial charge in [-0.05, 0) is 47.7 Å². The monoisotopic (exact) mass is 344 g/mol. The van der Waals surface area contributed by atoms with Crippen LogP contribution in [0, 0.1) is 3.57 Å². The van der Waals surface area contributed by atoms with Gasteiger partial charge in [0.25, 0.3) is 0 Å². The van der Waals surface area contributed by atoms with Gasteiger partial charge in [0.15, 0.2) is 0 Å². The van der Waals surface area contributed by atoms with E-state index >= 15 is 0 Å². The second-order valence-electron chi connectivity index (χ2n) is 2.91. The van der Waals surface area contributed by atoms with Crippen molar-refractivity contribution in [3.8, 4) is 0 Å². The molecule has 0 bridgehead atoms.